The molecule has 0 spiro atoms. The van der Waals surface area contributed by atoms with E-state index in [0.717, 1.165) is 12.0 Å². The quantitative estimate of drug-likeness (QED) is 0.375. The molecule has 3 rings (SSSR count). The van der Waals surface area contributed by atoms with Crippen LogP contribution in [0.1, 0.15) is 36.5 Å². The fourth-order valence-corrected chi connectivity index (χ4v) is 3.11. The first-order chi connectivity index (χ1) is 14.9. The summed E-state index contributed by atoms with van der Waals surface area (Å²) in [5, 5.41) is 15.1. The second kappa shape index (κ2) is 9.84. The molecule has 1 heterocycles. The van der Waals surface area contributed by atoms with Crippen molar-refractivity contribution in [2.45, 2.75) is 32.7 Å². The maximum Gasteiger partial charge on any atom is 0.270 e. The summed E-state index contributed by atoms with van der Waals surface area (Å²) in [6.45, 7) is 4.26. The van der Waals surface area contributed by atoms with Crippen molar-refractivity contribution in [3.63, 3.8) is 0 Å². The fourth-order valence-electron chi connectivity index (χ4n) is 3.11. The molecule has 0 saturated carbocycles. The smallest absolute Gasteiger partial charge is 0.270 e. The third-order valence-corrected chi connectivity index (χ3v) is 5.05. The second-order valence-electron chi connectivity index (χ2n) is 7.06. The number of hydrogen-bond acceptors (Lipinski definition) is 7. The SMILES string of the molecule is CC[C@@H](C)N(CCc1nc(-c2cccc(OC)c2)no1)C(=O)c1cccc([N+](=O)[O-])c1. The molecule has 162 valence electrons. The Labute approximate surface area is 179 Å². The Morgan fingerprint density at radius 2 is 2.03 bits per heavy atom. The molecular formula is C22H24N4O5. The van der Waals surface area contributed by atoms with Gasteiger partial charge in [0.05, 0.1) is 12.0 Å². The molecule has 0 bridgehead atoms. The highest BCUT2D eigenvalue weighted by molar-refractivity contribution is 5.95. The number of carbonyl (C=O) groups excluding carboxylic acids is 1. The van der Waals surface area contributed by atoms with Crippen molar-refractivity contribution in [3.8, 4) is 17.1 Å². The summed E-state index contributed by atoms with van der Waals surface area (Å²) in [5.74, 6) is 1.26. The van der Waals surface area contributed by atoms with Crippen LogP contribution in [-0.2, 0) is 6.42 Å². The molecule has 0 unspecified atom stereocenters. The van der Waals surface area contributed by atoms with E-state index in [2.05, 4.69) is 10.1 Å². The van der Waals surface area contributed by atoms with Gasteiger partial charge in [-0.2, -0.15) is 4.98 Å². The van der Waals surface area contributed by atoms with Gasteiger partial charge in [-0.1, -0.05) is 30.3 Å². The Morgan fingerprint density at radius 3 is 2.74 bits per heavy atom. The normalized spacial score (nSPS) is 11.7. The number of aromatic nitrogens is 2. The molecule has 1 aromatic heterocycles. The average molecular weight is 424 g/mol. The maximum atomic E-state index is 13.1. The highest BCUT2D eigenvalue weighted by Crippen LogP contribution is 2.22. The zero-order valence-electron chi connectivity index (χ0n) is 17.6. The maximum absolute atomic E-state index is 13.1. The van der Waals surface area contributed by atoms with Crippen LogP contribution in [0.2, 0.25) is 0 Å². The van der Waals surface area contributed by atoms with Gasteiger partial charge in [0.15, 0.2) is 0 Å². The van der Waals surface area contributed by atoms with Crippen LogP contribution in [-0.4, -0.2) is 45.6 Å². The zero-order valence-corrected chi connectivity index (χ0v) is 17.6. The van der Waals surface area contributed by atoms with Gasteiger partial charge in [-0.3, -0.25) is 14.9 Å². The van der Waals surface area contributed by atoms with Gasteiger partial charge in [0, 0.05) is 42.3 Å². The molecule has 1 atom stereocenters. The molecular weight excluding hydrogens is 400 g/mol. The number of hydrogen-bond donors (Lipinski definition) is 0. The topological polar surface area (TPSA) is 112 Å². The van der Waals surface area contributed by atoms with E-state index < -0.39 is 4.92 Å². The third kappa shape index (κ3) is 5.25. The van der Waals surface area contributed by atoms with Crippen molar-refractivity contribution in [1.29, 1.82) is 0 Å². The fraction of sp³-hybridized carbons (Fsp3) is 0.318. The first-order valence-corrected chi connectivity index (χ1v) is 9.95. The van der Waals surface area contributed by atoms with Crippen LogP contribution in [0.4, 0.5) is 5.69 Å². The lowest BCUT2D eigenvalue weighted by Crippen LogP contribution is -2.39. The minimum atomic E-state index is -0.511. The monoisotopic (exact) mass is 424 g/mol. The van der Waals surface area contributed by atoms with Crippen LogP contribution in [0, 0.1) is 10.1 Å². The van der Waals surface area contributed by atoms with Gasteiger partial charge < -0.3 is 14.2 Å². The number of nitro groups is 1. The Morgan fingerprint density at radius 1 is 1.26 bits per heavy atom. The van der Waals surface area contributed by atoms with Gasteiger partial charge in [-0.05, 0) is 31.5 Å². The number of methoxy groups -OCH3 is 1. The lowest BCUT2D eigenvalue weighted by atomic mass is 10.1. The molecule has 9 nitrogen and oxygen atoms in total. The number of carbonyl (C=O) groups is 1. The van der Waals surface area contributed by atoms with E-state index >= 15 is 0 Å². The third-order valence-electron chi connectivity index (χ3n) is 5.05. The summed E-state index contributed by atoms with van der Waals surface area (Å²) in [5.41, 5.74) is 0.924. The van der Waals surface area contributed by atoms with E-state index in [1.165, 1.54) is 18.2 Å². The Kier molecular flexibility index (Phi) is 6.96. The van der Waals surface area contributed by atoms with Crippen molar-refractivity contribution < 1.29 is 19.0 Å². The van der Waals surface area contributed by atoms with E-state index in [0.29, 0.717) is 30.4 Å². The molecule has 0 aliphatic heterocycles. The summed E-state index contributed by atoms with van der Waals surface area (Å²) in [6, 6.07) is 13.0. The lowest BCUT2D eigenvalue weighted by molar-refractivity contribution is -0.384. The molecule has 31 heavy (non-hydrogen) atoms. The Bertz CT molecular complexity index is 1070. The van der Waals surface area contributed by atoms with E-state index in [1.54, 1.807) is 18.1 Å². The van der Waals surface area contributed by atoms with Gasteiger partial charge in [0.25, 0.3) is 11.6 Å². The van der Waals surface area contributed by atoms with Crippen LogP contribution >= 0.6 is 0 Å². The van der Waals surface area contributed by atoms with Gasteiger partial charge >= 0.3 is 0 Å². The van der Waals surface area contributed by atoms with Crippen molar-refractivity contribution in [2.24, 2.45) is 0 Å². The molecule has 0 aliphatic carbocycles. The molecule has 0 aliphatic rings. The first-order valence-electron chi connectivity index (χ1n) is 9.95. The van der Waals surface area contributed by atoms with Gasteiger partial charge in [-0.15, -0.1) is 0 Å². The molecule has 0 saturated heterocycles. The van der Waals surface area contributed by atoms with E-state index in [4.69, 9.17) is 9.26 Å². The molecule has 9 heteroatoms. The molecule has 2 aromatic carbocycles. The van der Waals surface area contributed by atoms with Crippen molar-refractivity contribution in [1.82, 2.24) is 15.0 Å². The predicted octanol–water partition coefficient (Wildman–Crippen LogP) is 4.14. The Hall–Kier alpha value is -3.75. The van der Waals surface area contributed by atoms with Crippen molar-refractivity contribution >= 4 is 11.6 Å². The molecule has 0 N–H and O–H groups in total. The Balaban J connectivity index is 1.75. The summed E-state index contributed by atoms with van der Waals surface area (Å²) >= 11 is 0. The molecule has 0 fully saturated rings. The number of ether oxygens (including phenoxy) is 1. The van der Waals surface area contributed by atoms with Crippen LogP contribution in [0.15, 0.2) is 53.1 Å². The van der Waals surface area contributed by atoms with Crippen molar-refractivity contribution in [2.75, 3.05) is 13.7 Å². The number of nitro benzene ring substituents is 1. The summed E-state index contributed by atoms with van der Waals surface area (Å²) in [6.07, 6.45) is 1.10. The van der Waals surface area contributed by atoms with Crippen LogP contribution in [0.3, 0.4) is 0 Å². The first kappa shape index (κ1) is 21.9. The standard InChI is InChI=1S/C22H24N4O5/c1-4-15(2)25(22(27)17-8-5-9-18(13-17)26(28)29)12-11-20-23-21(24-31-20)16-7-6-10-19(14-16)30-3/h5-10,13-15H,4,11-12H2,1-3H3/t15-/m1/s1. The van der Waals surface area contributed by atoms with Crippen LogP contribution in [0.5, 0.6) is 5.75 Å². The van der Waals surface area contributed by atoms with E-state index in [-0.39, 0.29) is 23.2 Å². The van der Waals surface area contributed by atoms with Crippen LogP contribution in [0.25, 0.3) is 11.4 Å². The minimum absolute atomic E-state index is 0.0625. The summed E-state index contributed by atoms with van der Waals surface area (Å²) in [4.78, 5) is 29.7. The largest absolute Gasteiger partial charge is 0.497 e. The zero-order chi connectivity index (χ0) is 22.4. The van der Waals surface area contributed by atoms with Crippen LogP contribution < -0.4 is 4.74 Å². The van der Waals surface area contributed by atoms with E-state index in [9.17, 15) is 14.9 Å². The average Bonchev–Trinajstić information content (AvgIpc) is 3.28. The van der Waals surface area contributed by atoms with Gasteiger partial charge in [0.1, 0.15) is 5.75 Å². The highest BCUT2D eigenvalue weighted by Gasteiger charge is 2.23. The number of non-ortho nitro benzene ring substituents is 1. The lowest BCUT2D eigenvalue weighted by Gasteiger charge is -2.28. The summed E-state index contributed by atoms with van der Waals surface area (Å²) < 4.78 is 10.6. The summed E-state index contributed by atoms with van der Waals surface area (Å²) in [7, 11) is 1.59. The van der Waals surface area contributed by atoms with Gasteiger partial charge in [0.2, 0.25) is 11.7 Å². The minimum Gasteiger partial charge on any atom is -0.497 e. The number of rotatable bonds is 9. The number of benzene rings is 2. The van der Waals surface area contributed by atoms with E-state index in [1.807, 2.05) is 38.1 Å². The number of amides is 1. The number of nitrogens with zero attached hydrogens (tertiary/aromatic N) is 4. The highest BCUT2D eigenvalue weighted by atomic mass is 16.6. The van der Waals surface area contributed by atoms with Gasteiger partial charge in [-0.25, -0.2) is 0 Å². The molecule has 1 amide bonds. The molecule has 0 radical (unpaired) electrons. The second-order valence-corrected chi connectivity index (χ2v) is 7.06. The van der Waals surface area contributed by atoms with Crippen molar-refractivity contribution in [3.05, 3.63) is 70.1 Å². The molecule has 3 aromatic rings. The predicted molar refractivity (Wildman–Crippen MR) is 114 cm³/mol.